The summed E-state index contributed by atoms with van der Waals surface area (Å²) in [6, 6.07) is 8.58. The summed E-state index contributed by atoms with van der Waals surface area (Å²) in [4.78, 5) is 28.1. The summed E-state index contributed by atoms with van der Waals surface area (Å²) in [6.45, 7) is 12.4. The fourth-order valence-corrected chi connectivity index (χ4v) is 4.48. The molecule has 1 heterocycles. The molecule has 1 aliphatic heterocycles. The van der Waals surface area contributed by atoms with E-state index >= 15 is 0 Å². The van der Waals surface area contributed by atoms with E-state index in [1.54, 1.807) is 23.7 Å². The highest BCUT2D eigenvalue weighted by atomic mass is 32.2. The van der Waals surface area contributed by atoms with Gasteiger partial charge in [0.25, 0.3) is 0 Å². The van der Waals surface area contributed by atoms with Crippen molar-refractivity contribution in [1.29, 1.82) is 0 Å². The maximum atomic E-state index is 12.6. The summed E-state index contributed by atoms with van der Waals surface area (Å²) in [6.07, 6.45) is 0.767. The van der Waals surface area contributed by atoms with Gasteiger partial charge in [-0.25, -0.2) is 4.79 Å². The Morgan fingerprint density at radius 2 is 1.89 bits per heavy atom. The zero-order chi connectivity index (χ0) is 20.2. The standard InChI is InChI=1S/C21H33N3O2S/c1-7-22-20(26)23(6)13-8-14-24-18(25)15(2)27-19(24)16-9-11-17(12-10-16)21(3,4)5/h9-12,15,19H,7-8,13-14H2,1-6H3,(H,22,26)/t15-,19+/m1/s1. The number of hydrogen-bond acceptors (Lipinski definition) is 3. The van der Waals surface area contributed by atoms with Crippen molar-refractivity contribution in [2.24, 2.45) is 0 Å². The lowest BCUT2D eigenvalue weighted by Gasteiger charge is -2.26. The SMILES string of the molecule is CCNC(=O)N(C)CCCN1C(=O)[C@@H](C)S[C@H]1c1ccc(C(C)(C)C)cc1. The van der Waals surface area contributed by atoms with Gasteiger partial charge in [0.2, 0.25) is 5.91 Å². The minimum absolute atomic E-state index is 0.0292. The Kier molecular flexibility index (Phi) is 7.20. The van der Waals surface area contributed by atoms with Crippen molar-refractivity contribution in [2.75, 3.05) is 26.7 Å². The number of rotatable bonds is 6. The molecule has 3 amide bonds. The van der Waals surface area contributed by atoms with Crippen LogP contribution in [-0.4, -0.2) is 53.7 Å². The second kappa shape index (κ2) is 9.00. The number of carbonyl (C=O) groups excluding carboxylic acids is 2. The predicted molar refractivity (Wildman–Crippen MR) is 113 cm³/mol. The molecule has 0 saturated carbocycles. The first kappa shape index (κ1) is 21.6. The number of nitrogens with zero attached hydrogens (tertiary/aromatic N) is 2. The molecule has 0 aromatic heterocycles. The highest BCUT2D eigenvalue weighted by Crippen LogP contribution is 2.43. The van der Waals surface area contributed by atoms with Crippen LogP contribution in [0.2, 0.25) is 0 Å². The van der Waals surface area contributed by atoms with Crippen molar-refractivity contribution < 1.29 is 9.59 Å². The van der Waals surface area contributed by atoms with E-state index in [1.807, 2.05) is 18.7 Å². The molecule has 0 aliphatic carbocycles. The van der Waals surface area contributed by atoms with Gasteiger partial charge in [-0.3, -0.25) is 4.79 Å². The summed E-state index contributed by atoms with van der Waals surface area (Å²) in [5, 5.41) is 2.82. The van der Waals surface area contributed by atoms with Crippen LogP contribution in [0.4, 0.5) is 4.79 Å². The number of amides is 3. The quantitative estimate of drug-likeness (QED) is 0.797. The lowest BCUT2D eigenvalue weighted by molar-refractivity contribution is -0.129. The molecule has 27 heavy (non-hydrogen) atoms. The van der Waals surface area contributed by atoms with Gasteiger partial charge in [-0.15, -0.1) is 11.8 Å². The van der Waals surface area contributed by atoms with E-state index in [9.17, 15) is 9.59 Å². The normalized spacial score (nSPS) is 20.1. The van der Waals surface area contributed by atoms with Gasteiger partial charge in [0, 0.05) is 26.7 Å². The minimum atomic E-state index is -0.0673. The molecule has 1 fully saturated rings. The average Bonchev–Trinajstić information content (AvgIpc) is 2.89. The van der Waals surface area contributed by atoms with Gasteiger partial charge in [-0.05, 0) is 36.8 Å². The van der Waals surface area contributed by atoms with Crippen molar-refractivity contribution in [2.45, 2.75) is 57.1 Å². The number of urea groups is 1. The van der Waals surface area contributed by atoms with Gasteiger partial charge in [0.05, 0.1) is 5.25 Å². The molecule has 2 atom stereocenters. The lowest BCUT2D eigenvalue weighted by atomic mass is 9.86. The summed E-state index contributed by atoms with van der Waals surface area (Å²) >= 11 is 1.70. The number of nitrogens with one attached hydrogen (secondary N) is 1. The molecule has 1 saturated heterocycles. The Labute approximate surface area is 167 Å². The van der Waals surface area contributed by atoms with Crippen LogP contribution in [0.15, 0.2) is 24.3 Å². The molecule has 5 nitrogen and oxygen atoms in total. The zero-order valence-electron chi connectivity index (χ0n) is 17.4. The fraction of sp³-hybridized carbons (Fsp3) is 0.619. The monoisotopic (exact) mass is 391 g/mol. The minimum Gasteiger partial charge on any atom is -0.338 e. The van der Waals surface area contributed by atoms with E-state index in [0.717, 1.165) is 6.42 Å². The first-order chi connectivity index (χ1) is 12.6. The van der Waals surface area contributed by atoms with Gasteiger partial charge >= 0.3 is 6.03 Å². The number of carbonyl (C=O) groups is 2. The number of thioether (sulfide) groups is 1. The Hall–Kier alpha value is -1.69. The second-order valence-corrected chi connectivity index (χ2v) is 9.57. The molecule has 6 heteroatoms. The van der Waals surface area contributed by atoms with Crippen LogP contribution in [0.1, 0.15) is 57.5 Å². The number of hydrogen-bond donors (Lipinski definition) is 1. The maximum Gasteiger partial charge on any atom is 0.317 e. The van der Waals surface area contributed by atoms with Crippen molar-refractivity contribution in [3.8, 4) is 0 Å². The highest BCUT2D eigenvalue weighted by molar-refractivity contribution is 8.01. The molecule has 0 unspecified atom stereocenters. The molecule has 0 spiro atoms. The van der Waals surface area contributed by atoms with E-state index < -0.39 is 0 Å². The van der Waals surface area contributed by atoms with E-state index in [-0.39, 0.29) is 28.0 Å². The molecule has 150 valence electrons. The van der Waals surface area contributed by atoms with Crippen LogP contribution in [-0.2, 0) is 10.2 Å². The second-order valence-electron chi connectivity index (χ2n) is 8.14. The third-order valence-electron chi connectivity index (χ3n) is 4.88. The third-order valence-corrected chi connectivity index (χ3v) is 6.27. The zero-order valence-corrected chi connectivity index (χ0v) is 18.2. The van der Waals surface area contributed by atoms with Crippen LogP contribution in [0.25, 0.3) is 0 Å². The molecule has 0 radical (unpaired) electrons. The first-order valence-corrected chi connectivity index (χ1v) is 10.6. The largest absolute Gasteiger partial charge is 0.338 e. The van der Waals surface area contributed by atoms with Gasteiger partial charge in [0.1, 0.15) is 5.37 Å². The van der Waals surface area contributed by atoms with E-state index in [2.05, 4.69) is 50.4 Å². The molecular formula is C21H33N3O2S. The van der Waals surface area contributed by atoms with Crippen LogP contribution < -0.4 is 5.32 Å². The highest BCUT2D eigenvalue weighted by Gasteiger charge is 2.38. The summed E-state index contributed by atoms with van der Waals surface area (Å²) in [5.74, 6) is 0.186. The smallest absolute Gasteiger partial charge is 0.317 e. The Morgan fingerprint density at radius 1 is 1.26 bits per heavy atom. The van der Waals surface area contributed by atoms with Gasteiger partial charge in [-0.2, -0.15) is 0 Å². The topological polar surface area (TPSA) is 52.7 Å². The van der Waals surface area contributed by atoms with E-state index in [4.69, 9.17) is 0 Å². The number of benzene rings is 1. The van der Waals surface area contributed by atoms with Gasteiger partial charge in [0.15, 0.2) is 0 Å². The summed E-state index contributed by atoms with van der Waals surface area (Å²) < 4.78 is 0. The van der Waals surface area contributed by atoms with Crippen molar-refractivity contribution in [3.05, 3.63) is 35.4 Å². The molecule has 1 aromatic carbocycles. The average molecular weight is 392 g/mol. The Morgan fingerprint density at radius 3 is 2.44 bits per heavy atom. The van der Waals surface area contributed by atoms with E-state index in [0.29, 0.717) is 19.6 Å². The first-order valence-electron chi connectivity index (χ1n) is 9.70. The van der Waals surface area contributed by atoms with Gasteiger partial charge in [-0.1, -0.05) is 45.0 Å². The maximum absolute atomic E-state index is 12.6. The Bertz CT molecular complexity index is 654. The van der Waals surface area contributed by atoms with Crippen LogP contribution >= 0.6 is 11.8 Å². The van der Waals surface area contributed by atoms with Crippen molar-refractivity contribution in [3.63, 3.8) is 0 Å². The third kappa shape index (κ3) is 5.41. The van der Waals surface area contributed by atoms with Crippen LogP contribution in [0, 0.1) is 0 Å². The fourth-order valence-electron chi connectivity index (χ4n) is 3.17. The molecule has 0 bridgehead atoms. The van der Waals surface area contributed by atoms with Crippen molar-refractivity contribution in [1.82, 2.24) is 15.1 Å². The summed E-state index contributed by atoms with van der Waals surface area (Å²) in [5.41, 5.74) is 2.58. The molecule has 1 aromatic rings. The van der Waals surface area contributed by atoms with E-state index in [1.165, 1.54) is 11.1 Å². The molecule has 2 rings (SSSR count). The lowest BCUT2D eigenvalue weighted by Crippen LogP contribution is -2.39. The van der Waals surface area contributed by atoms with Gasteiger partial charge < -0.3 is 15.1 Å². The molecule has 1 N–H and O–H groups in total. The molecule has 1 aliphatic rings. The van der Waals surface area contributed by atoms with Crippen LogP contribution in [0.5, 0.6) is 0 Å². The van der Waals surface area contributed by atoms with Crippen molar-refractivity contribution >= 4 is 23.7 Å². The Balaban J connectivity index is 2.03. The molecular weight excluding hydrogens is 358 g/mol. The summed E-state index contributed by atoms with van der Waals surface area (Å²) in [7, 11) is 1.79. The van der Waals surface area contributed by atoms with Crippen LogP contribution in [0.3, 0.4) is 0 Å². The predicted octanol–water partition coefficient (Wildman–Crippen LogP) is 4.00.